The predicted molar refractivity (Wildman–Crippen MR) is 127 cm³/mol. The SMILES string of the molecule is CC(=O)N(c1ccccc1)c1nc(COC(=O)Cc2csc(-c3cccc(Cl)c3)n2)cs1. The highest BCUT2D eigenvalue weighted by Crippen LogP contribution is 2.29. The minimum atomic E-state index is -0.394. The van der Waals surface area contributed by atoms with Gasteiger partial charge in [-0.05, 0) is 24.3 Å². The number of carbonyl (C=O) groups is 2. The number of amides is 1. The Hall–Kier alpha value is -3.07. The Morgan fingerprint density at radius 1 is 1.00 bits per heavy atom. The van der Waals surface area contributed by atoms with Crippen LogP contribution in [-0.2, 0) is 27.4 Å². The first kappa shape index (κ1) is 22.1. The molecule has 0 aliphatic heterocycles. The molecule has 2 aromatic carbocycles. The van der Waals surface area contributed by atoms with Gasteiger partial charge in [-0.25, -0.2) is 9.97 Å². The number of carbonyl (C=O) groups excluding carboxylic acids is 2. The van der Waals surface area contributed by atoms with Crippen molar-refractivity contribution < 1.29 is 14.3 Å². The second-order valence-electron chi connectivity index (χ2n) is 6.80. The van der Waals surface area contributed by atoms with Crippen LogP contribution in [0.25, 0.3) is 10.6 Å². The van der Waals surface area contributed by atoms with Crippen LogP contribution >= 0.6 is 34.3 Å². The molecule has 1 amide bonds. The Balaban J connectivity index is 1.36. The van der Waals surface area contributed by atoms with Crippen molar-refractivity contribution in [1.29, 1.82) is 0 Å². The number of esters is 1. The zero-order chi connectivity index (χ0) is 22.5. The summed E-state index contributed by atoms with van der Waals surface area (Å²) in [5.74, 6) is -0.540. The van der Waals surface area contributed by atoms with Gasteiger partial charge >= 0.3 is 5.97 Å². The number of hydrogen-bond donors (Lipinski definition) is 0. The van der Waals surface area contributed by atoms with Crippen LogP contribution in [0.4, 0.5) is 10.8 Å². The highest BCUT2D eigenvalue weighted by atomic mass is 35.5. The Morgan fingerprint density at radius 3 is 2.53 bits per heavy atom. The molecule has 9 heteroatoms. The molecule has 2 heterocycles. The molecule has 0 bridgehead atoms. The van der Waals surface area contributed by atoms with E-state index in [0.717, 1.165) is 16.3 Å². The predicted octanol–water partition coefficient (Wildman–Crippen LogP) is 5.89. The average molecular weight is 484 g/mol. The molecule has 0 saturated heterocycles. The van der Waals surface area contributed by atoms with Crippen LogP contribution in [0.5, 0.6) is 0 Å². The molecule has 0 saturated carbocycles. The molecule has 4 aromatic rings. The molecule has 0 spiro atoms. The maximum atomic E-state index is 12.3. The first-order valence-electron chi connectivity index (χ1n) is 9.65. The van der Waals surface area contributed by atoms with Crippen LogP contribution in [0.15, 0.2) is 65.4 Å². The lowest BCUT2D eigenvalue weighted by Gasteiger charge is -2.17. The van der Waals surface area contributed by atoms with Crippen LogP contribution < -0.4 is 4.90 Å². The number of nitrogens with zero attached hydrogens (tertiary/aromatic N) is 3. The molecule has 0 atom stereocenters. The Kier molecular flexibility index (Phi) is 6.94. The van der Waals surface area contributed by atoms with Gasteiger partial charge in [-0.2, -0.15) is 0 Å². The molecule has 0 N–H and O–H groups in total. The van der Waals surface area contributed by atoms with E-state index < -0.39 is 5.97 Å². The van der Waals surface area contributed by atoms with Crippen LogP contribution in [-0.4, -0.2) is 21.8 Å². The number of halogens is 1. The number of rotatable bonds is 7. The van der Waals surface area contributed by atoms with E-state index in [4.69, 9.17) is 16.3 Å². The van der Waals surface area contributed by atoms with E-state index in [9.17, 15) is 9.59 Å². The second kappa shape index (κ2) is 10.0. The molecule has 6 nitrogen and oxygen atoms in total. The smallest absolute Gasteiger partial charge is 0.312 e. The highest BCUT2D eigenvalue weighted by molar-refractivity contribution is 7.14. The van der Waals surface area contributed by atoms with Crippen molar-refractivity contribution in [2.45, 2.75) is 20.0 Å². The molecule has 0 fully saturated rings. The van der Waals surface area contributed by atoms with E-state index in [1.54, 1.807) is 11.4 Å². The number of para-hydroxylation sites is 1. The van der Waals surface area contributed by atoms with Gasteiger partial charge in [0.05, 0.1) is 23.5 Å². The number of thiazole rings is 2. The molecule has 0 aliphatic rings. The second-order valence-corrected chi connectivity index (χ2v) is 8.93. The number of aromatic nitrogens is 2. The lowest BCUT2D eigenvalue weighted by atomic mass is 10.2. The summed E-state index contributed by atoms with van der Waals surface area (Å²) >= 11 is 8.80. The summed E-state index contributed by atoms with van der Waals surface area (Å²) in [6.07, 6.45) is 0.0671. The first-order chi connectivity index (χ1) is 15.5. The number of ether oxygens (including phenoxy) is 1. The summed E-state index contributed by atoms with van der Waals surface area (Å²) in [5, 5.41) is 5.58. The zero-order valence-corrected chi connectivity index (χ0v) is 19.4. The van der Waals surface area contributed by atoms with E-state index in [-0.39, 0.29) is 18.9 Å². The minimum absolute atomic E-state index is 0.0289. The maximum absolute atomic E-state index is 12.3. The van der Waals surface area contributed by atoms with Crippen molar-refractivity contribution in [3.8, 4) is 10.6 Å². The molecule has 0 aliphatic carbocycles. The summed E-state index contributed by atoms with van der Waals surface area (Å²) in [6, 6.07) is 16.7. The quantitative estimate of drug-likeness (QED) is 0.306. The Bertz CT molecular complexity index is 1240. The van der Waals surface area contributed by atoms with Crippen molar-refractivity contribution >= 4 is 57.0 Å². The van der Waals surface area contributed by atoms with Gasteiger partial charge in [-0.3, -0.25) is 14.5 Å². The largest absolute Gasteiger partial charge is 0.459 e. The van der Waals surface area contributed by atoms with Gasteiger partial charge in [0.2, 0.25) is 5.91 Å². The molecule has 0 unspecified atom stereocenters. The summed E-state index contributed by atoms with van der Waals surface area (Å²) in [7, 11) is 0. The normalized spacial score (nSPS) is 10.7. The lowest BCUT2D eigenvalue weighted by molar-refractivity contribution is -0.144. The summed E-state index contributed by atoms with van der Waals surface area (Å²) in [5.41, 5.74) is 2.86. The first-order valence-corrected chi connectivity index (χ1v) is 11.8. The topological polar surface area (TPSA) is 72.4 Å². The van der Waals surface area contributed by atoms with E-state index in [1.807, 2.05) is 53.9 Å². The molecule has 32 heavy (non-hydrogen) atoms. The van der Waals surface area contributed by atoms with Crippen LogP contribution in [0, 0.1) is 0 Å². The Labute approximate surface area is 198 Å². The molecular formula is C23H18ClN3O3S2. The molecule has 0 radical (unpaired) electrons. The van der Waals surface area contributed by atoms with E-state index in [1.165, 1.54) is 34.5 Å². The van der Waals surface area contributed by atoms with Gasteiger partial charge < -0.3 is 4.74 Å². The number of hydrogen-bond acceptors (Lipinski definition) is 7. The third-order valence-corrected chi connectivity index (χ3v) is 6.44. The zero-order valence-electron chi connectivity index (χ0n) is 17.0. The van der Waals surface area contributed by atoms with Crippen LogP contribution in [0.2, 0.25) is 5.02 Å². The van der Waals surface area contributed by atoms with Gasteiger partial charge in [0.15, 0.2) is 5.13 Å². The van der Waals surface area contributed by atoms with Crippen molar-refractivity contribution in [2.24, 2.45) is 0 Å². The lowest BCUT2D eigenvalue weighted by Crippen LogP contribution is -2.22. The third-order valence-electron chi connectivity index (χ3n) is 4.39. The summed E-state index contributed by atoms with van der Waals surface area (Å²) in [6.45, 7) is 1.51. The number of anilines is 2. The molecule has 4 rings (SSSR count). The fourth-order valence-electron chi connectivity index (χ4n) is 2.96. The van der Waals surface area contributed by atoms with E-state index in [0.29, 0.717) is 21.5 Å². The van der Waals surface area contributed by atoms with E-state index in [2.05, 4.69) is 9.97 Å². The summed E-state index contributed by atoms with van der Waals surface area (Å²) < 4.78 is 5.37. The molecule has 162 valence electrons. The van der Waals surface area contributed by atoms with Crippen molar-refractivity contribution in [3.63, 3.8) is 0 Å². The molecule has 2 aromatic heterocycles. The average Bonchev–Trinajstić information content (AvgIpc) is 3.43. The van der Waals surface area contributed by atoms with Crippen LogP contribution in [0.3, 0.4) is 0 Å². The Morgan fingerprint density at radius 2 is 1.78 bits per heavy atom. The fourth-order valence-corrected chi connectivity index (χ4v) is 4.84. The van der Waals surface area contributed by atoms with Gasteiger partial charge in [-0.15, -0.1) is 22.7 Å². The van der Waals surface area contributed by atoms with Gasteiger partial charge in [0.1, 0.15) is 11.6 Å². The third kappa shape index (κ3) is 5.40. The van der Waals surface area contributed by atoms with Crippen molar-refractivity contribution in [3.05, 3.63) is 81.8 Å². The highest BCUT2D eigenvalue weighted by Gasteiger charge is 2.18. The monoisotopic (exact) mass is 483 g/mol. The maximum Gasteiger partial charge on any atom is 0.312 e. The number of benzene rings is 2. The van der Waals surface area contributed by atoms with Gasteiger partial charge in [0, 0.05) is 28.3 Å². The van der Waals surface area contributed by atoms with Crippen molar-refractivity contribution in [2.75, 3.05) is 4.90 Å². The molecular weight excluding hydrogens is 466 g/mol. The van der Waals surface area contributed by atoms with Crippen LogP contribution in [0.1, 0.15) is 18.3 Å². The van der Waals surface area contributed by atoms with E-state index >= 15 is 0 Å². The summed E-state index contributed by atoms with van der Waals surface area (Å²) in [4.78, 5) is 34.9. The fraction of sp³-hybridized carbons (Fsp3) is 0.130. The standard InChI is InChI=1S/C23H18ClN3O3S2/c1-15(28)27(20-8-3-2-4-9-20)23-26-19(14-32-23)12-30-21(29)11-18-13-31-22(25-18)16-6-5-7-17(24)10-16/h2-10,13-14H,11-12H2,1H3. The van der Waals surface area contributed by atoms with Crippen molar-refractivity contribution in [1.82, 2.24) is 9.97 Å². The van der Waals surface area contributed by atoms with Gasteiger partial charge in [-0.1, -0.05) is 41.9 Å². The minimum Gasteiger partial charge on any atom is -0.459 e. The van der Waals surface area contributed by atoms with Gasteiger partial charge in [0.25, 0.3) is 0 Å².